The molecule has 0 atom stereocenters. The molecule has 198 valence electrons. The quantitative estimate of drug-likeness (QED) is 0.292. The van der Waals surface area contributed by atoms with Crippen molar-refractivity contribution in [1.29, 1.82) is 0 Å². The highest BCUT2D eigenvalue weighted by molar-refractivity contribution is 6.13. The van der Waals surface area contributed by atoms with E-state index >= 15 is 0 Å². The molecule has 0 spiro atoms. The first kappa shape index (κ1) is 26.0. The molecule has 0 aliphatic carbocycles. The average molecular weight is 535 g/mol. The van der Waals surface area contributed by atoms with Crippen molar-refractivity contribution < 1.29 is 27.2 Å². The molecule has 5 rings (SSSR count). The number of nitrogens with one attached hydrogen (secondary N) is 1. The minimum absolute atomic E-state index is 0.0188. The fraction of sp³-hybridized carbons (Fsp3) is 0.172. The van der Waals surface area contributed by atoms with Crippen LogP contribution < -0.4 is 10.2 Å². The molecule has 39 heavy (non-hydrogen) atoms. The summed E-state index contributed by atoms with van der Waals surface area (Å²) in [6.07, 6.45) is -0.277. The molecular weight excluding hydrogens is 512 g/mol. The van der Waals surface area contributed by atoms with Crippen molar-refractivity contribution in [1.82, 2.24) is 9.97 Å². The SMILES string of the molecule is Cc1ccc(NC(=O)c2cc(-c3ccnc4c3C(C)(C)C(=O)N4c3cccnc3)ccc2C(F)(F)F)cc1F. The van der Waals surface area contributed by atoms with E-state index in [1.807, 2.05) is 0 Å². The van der Waals surface area contributed by atoms with Crippen LogP contribution in [-0.4, -0.2) is 21.8 Å². The molecule has 2 amide bonds. The Morgan fingerprint density at radius 1 is 1.03 bits per heavy atom. The summed E-state index contributed by atoms with van der Waals surface area (Å²) in [4.78, 5) is 36.5. The standard InChI is InChI=1S/C29H22F4N4O2/c1-16-6-8-18(14-23(16)30)36-26(38)21-13-17(7-9-22(21)29(31,32)33)20-10-12-35-25-24(20)28(2,3)27(39)37(25)19-5-4-11-34-15-19/h4-15H,1-3H3,(H,36,38). The largest absolute Gasteiger partial charge is 0.417 e. The fourth-order valence-corrected chi connectivity index (χ4v) is 4.70. The summed E-state index contributed by atoms with van der Waals surface area (Å²) in [5.41, 5.74) is -0.779. The van der Waals surface area contributed by atoms with Gasteiger partial charge in [0.25, 0.3) is 5.91 Å². The Morgan fingerprint density at radius 2 is 1.79 bits per heavy atom. The highest BCUT2D eigenvalue weighted by atomic mass is 19.4. The number of fused-ring (bicyclic) bond motifs is 1. The number of anilines is 3. The van der Waals surface area contributed by atoms with Gasteiger partial charge in [0.1, 0.15) is 11.6 Å². The Labute approximate surface area is 221 Å². The van der Waals surface area contributed by atoms with Gasteiger partial charge in [-0.25, -0.2) is 9.37 Å². The molecular formula is C29H22F4N4O2. The van der Waals surface area contributed by atoms with E-state index in [-0.39, 0.29) is 17.2 Å². The van der Waals surface area contributed by atoms with Crippen molar-refractivity contribution in [2.24, 2.45) is 0 Å². The second-order valence-electron chi connectivity index (χ2n) is 9.71. The summed E-state index contributed by atoms with van der Waals surface area (Å²) in [6, 6.07) is 12.1. The van der Waals surface area contributed by atoms with Crippen LogP contribution in [0.5, 0.6) is 0 Å². The number of hydrogen-bond donors (Lipinski definition) is 1. The van der Waals surface area contributed by atoms with Gasteiger partial charge in [-0.05, 0) is 79.9 Å². The van der Waals surface area contributed by atoms with Crippen molar-refractivity contribution in [2.75, 3.05) is 10.2 Å². The lowest BCUT2D eigenvalue weighted by molar-refractivity contribution is -0.137. The number of pyridine rings is 2. The third-order valence-corrected chi connectivity index (χ3v) is 6.72. The maximum Gasteiger partial charge on any atom is 0.417 e. The molecule has 4 aromatic rings. The number of halogens is 4. The van der Waals surface area contributed by atoms with Crippen LogP contribution in [0.25, 0.3) is 11.1 Å². The number of alkyl halides is 3. The van der Waals surface area contributed by atoms with Gasteiger partial charge in [0, 0.05) is 23.6 Å². The van der Waals surface area contributed by atoms with E-state index < -0.39 is 34.4 Å². The van der Waals surface area contributed by atoms with Crippen molar-refractivity contribution >= 4 is 29.0 Å². The second kappa shape index (κ2) is 9.30. The molecule has 0 fully saturated rings. The topological polar surface area (TPSA) is 75.2 Å². The predicted octanol–water partition coefficient (Wildman–Crippen LogP) is 6.82. The zero-order valence-electron chi connectivity index (χ0n) is 21.1. The summed E-state index contributed by atoms with van der Waals surface area (Å²) >= 11 is 0. The molecule has 1 aliphatic rings. The number of carbonyl (C=O) groups excluding carboxylic acids is 2. The Hall–Kier alpha value is -4.60. The first-order chi connectivity index (χ1) is 18.4. The Morgan fingerprint density at radius 3 is 2.46 bits per heavy atom. The van der Waals surface area contributed by atoms with E-state index in [9.17, 15) is 27.2 Å². The molecule has 6 nitrogen and oxygen atoms in total. The Bertz CT molecular complexity index is 1620. The van der Waals surface area contributed by atoms with Gasteiger partial charge in [0.05, 0.1) is 28.4 Å². The molecule has 1 aliphatic heterocycles. The predicted molar refractivity (Wildman–Crippen MR) is 138 cm³/mol. The van der Waals surface area contributed by atoms with E-state index in [1.165, 1.54) is 42.4 Å². The minimum Gasteiger partial charge on any atom is -0.322 e. The zero-order chi connectivity index (χ0) is 28.1. The zero-order valence-corrected chi connectivity index (χ0v) is 21.1. The highest BCUT2D eigenvalue weighted by Crippen LogP contribution is 2.48. The molecule has 0 saturated carbocycles. The smallest absolute Gasteiger partial charge is 0.322 e. The molecule has 10 heteroatoms. The molecule has 1 N–H and O–H groups in total. The molecule has 3 heterocycles. The number of aryl methyl sites for hydroxylation is 1. The number of hydrogen-bond acceptors (Lipinski definition) is 4. The van der Waals surface area contributed by atoms with Crippen molar-refractivity contribution in [2.45, 2.75) is 32.4 Å². The molecule has 0 unspecified atom stereocenters. The van der Waals surface area contributed by atoms with E-state index in [0.717, 1.165) is 18.2 Å². The van der Waals surface area contributed by atoms with E-state index in [1.54, 1.807) is 38.2 Å². The Kier molecular flexibility index (Phi) is 6.21. The number of amides is 2. The summed E-state index contributed by atoms with van der Waals surface area (Å²) in [6.45, 7) is 4.94. The maximum absolute atomic E-state index is 14.0. The van der Waals surface area contributed by atoms with E-state index in [4.69, 9.17) is 0 Å². The summed E-state index contributed by atoms with van der Waals surface area (Å²) in [5.74, 6) is -1.60. The normalized spacial score (nSPS) is 14.3. The molecule has 2 aromatic heterocycles. The molecule has 0 bridgehead atoms. The number of carbonyl (C=O) groups is 2. The van der Waals surface area contributed by atoms with Crippen molar-refractivity contribution in [3.05, 3.63) is 101 Å². The maximum atomic E-state index is 14.0. The Balaban J connectivity index is 1.64. The first-order valence-corrected chi connectivity index (χ1v) is 11.9. The van der Waals surface area contributed by atoms with Crippen LogP contribution in [0.2, 0.25) is 0 Å². The van der Waals surface area contributed by atoms with Crippen LogP contribution >= 0.6 is 0 Å². The molecule has 0 radical (unpaired) electrons. The molecule has 0 saturated heterocycles. The van der Waals surface area contributed by atoms with Gasteiger partial charge < -0.3 is 5.32 Å². The van der Waals surface area contributed by atoms with E-state index in [2.05, 4.69) is 15.3 Å². The van der Waals surface area contributed by atoms with Gasteiger partial charge in [0.15, 0.2) is 0 Å². The number of benzene rings is 2. The van der Waals surface area contributed by atoms with Gasteiger partial charge >= 0.3 is 6.18 Å². The molecule has 2 aromatic carbocycles. The van der Waals surface area contributed by atoms with Crippen LogP contribution in [0.1, 0.15) is 40.9 Å². The van der Waals surface area contributed by atoms with Gasteiger partial charge in [-0.3, -0.25) is 19.5 Å². The van der Waals surface area contributed by atoms with E-state index in [0.29, 0.717) is 28.2 Å². The number of nitrogens with zero attached hydrogens (tertiary/aromatic N) is 3. The lowest BCUT2D eigenvalue weighted by Crippen LogP contribution is -2.33. The third kappa shape index (κ3) is 4.52. The van der Waals surface area contributed by atoms with Gasteiger partial charge in [-0.1, -0.05) is 12.1 Å². The van der Waals surface area contributed by atoms with Crippen LogP contribution in [0.4, 0.5) is 34.8 Å². The first-order valence-electron chi connectivity index (χ1n) is 11.9. The van der Waals surface area contributed by atoms with Crippen LogP contribution in [0.15, 0.2) is 73.2 Å². The van der Waals surface area contributed by atoms with Gasteiger partial charge in [-0.2, -0.15) is 13.2 Å². The summed E-state index contributed by atoms with van der Waals surface area (Å²) < 4.78 is 55.8. The summed E-state index contributed by atoms with van der Waals surface area (Å²) in [7, 11) is 0. The highest BCUT2D eigenvalue weighted by Gasteiger charge is 2.47. The lowest BCUT2D eigenvalue weighted by Gasteiger charge is -2.20. The average Bonchev–Trinajstić information content (AvgIpc) is 3.11. The number of aromatic nitrogens is 2. The van der Waals surface area contributed by atoms with Crippen LogP contribution in [-0.2, 0) is 16.4 Å². The van der Waals surface area contributed by atoms with Crippen LogP contribution in [0, 0.1) is 12.7 Å². The fourth-order valence-electron chi connectivity index (χ4n) is 4.70. The minimum atomic E-state index is -4.82. The number of rotatable bonds is 4. The van der Waals surface area contributed by atoms with Crippen molar-refractivity contribution in [3.63, 3.8) is 0 Å². The van der Waals surface area contributed by atoms with Crippen molar-refractivity contribution in [3.8, 4) is 11.1 Å². The van der Waals surface area contributed by atoms with Crippen LogP contribution in [0.3, 0.4) is 0 Å². The third-order valence-electron chi connectivity index (χ3n) is 6.72. The van der Waals surface area contributed by atoms with Gasteiger partial charge in [-0.15, -0.1) is 0 Å². The second-order valence-corrected chi connectivity index (χ2v) is 9.71. The lowest BCUT2D eigenvalue weighted by atomic mass is 9.82. The van der Waals surface area contributed by atoms with Gasteiger partial charge in [0.2, 0.25) is 5.91 Å². The monoisotopic (exact) mass is 534 g/mol. The summed E-state index contributed by atoms with van der Waals surface area (Å²) in [5, 5.41) is 2.36.